The maximum Gasteiger partial charge on any atom is 0.340 e. The minimum atomic E-state index is -0.686. The first-order valence-electron chi connectivity index (χ1n) is 8.98. The average Bonchev–Trinajstić information content (AvgIpc) is 2.89. The average molecular weight is 418 g/mol. The number of nitrogens with zero attached hydrogens (tertiary/aromatic N) is 2. The number of ether oxygens (including phenoxy) is 1. The number of Topliss-reactive ketones (excluding diaryl/α,β-unsaturated/α-hetero) is 1. The molecule has 29 heavy (non-hydrogen) atoms. The first kappa shape index (κ1) is 22.4. The van der Waals surface area contributed by atoms with E-state index in [1.165, 1.54) is 16.8 Å². The van der Waals surface area contributed by atoms with Crippen LogP contribution in [0.2, 0.25) is 5.15 Å². The molecule has 2 aromatic rings. The Labute approximate surface area is 174 Å². The van der Waals surface area contributed by atoms with E-state index in [4.69, 9.17) is 16.3 Å². The number of esters is 1. The lowest BCUT2D eigenvalue weighted by molar-refractivity contribution is -0.129. The number of aromatic nitrogens is 2. The third-order valence-electron chi connectivity index (χ3n) is 4.17. The fourth-order valence-electron chi connectivity index (χ4n) is 2.36. The number of benzene rings is 1. The maximum atomic E-state index is 12.4. The Morgan fingerprint density at radius 2 is 1.90 bits per heavy atom. The standard InChI is InChI=1S/C21H24ClN3O4/c1-13-14(19(22)25(5)24-13)10-11-18(27)23-16-9-7-6-8-15(16)20(28)29-12-17(26)21(2,3)4/h6-11H,12H2,1-5H3,(H,23,27). The van der Waals surface area contributed by atoms with Crippen molar-refractivity contribution in [2.24, 2.45) is 12.5 Å². The van der Waals surface area contributed by atoms with Gasteiger partial charge in [0.2, 0.25) is 5.91 Å². The molecule has 1 amide bonds. The number of aryl methyl sites for hydroxylation is 2. The van der Waals surface area contributed by atoms with E-state index in [-0.39, 0.29) is 23.6 Å². The van der Waals surface area contributed by atoms with Crippen LogP contribution in [0.15, 0.2) is 30.3 Å². The SMILES string of the molecule is Cc1nn(C)c(Cl)c1C=CC(=O)Nc1ccccc1C(=O)OCC(=O)C(C)(C)C. The predicted molar refractivity (Wildman–Crippen MR) is 112 cm³/mol. The highest BCUT2D eigenvalue weighted by molar-refractivity contribution is 6.31. The van der Waals surface area contributed by atoms with Gasteiger partial charge in [0.1, 0.15) is 5.15 Å². The van der Waals surface area contributed by atoms with Crippen LogP contribution in [0.1, 0.15) is 42.4 Å². The van der Waals surface area contributed by atoms with E-state index < -0.39 is 17.3 Å². The lowest BCUT2D eigenvalue weighted by Gasteiger charge is -2.16. The second-order valence-electron chi connectivity index (χ2n) is 7.53. The number of rotatable bonds is 6. The van der Waals surface area contributed by atoms with E-state index in [2.05, 4.69) is 10.4 Å². The Bertz CT molecular complexity index is 971. The van der Waals surface area contributed by atoms with Crippen LogP contribution in [0.4, 0.5) is 5.69 Å². The van der Waals surface area contributed by atoms with E-state index >= 15 is 0 Å². The number of para-hydroxylation sites is 1. The summed E-state index contributed by atoms with van der Waals surface area (Å²) in [5, 5.41) is 7.23. The van der Waals surface area contributed by atoms with Gasteiger partial charge in [-0.2, -0.15) is 5.10 Å². The van der Waals surface area contributed by atoms with Gasteiger partial charge in [-0.1, -0.05) is 44.5 Å². The first-order chi connectivity index (χ1) is 13.5. The number of nitrogens with one attached hydrogen (secondary N) is 1. The molecule has 0 saturated carbocycles. The number of carbonyl (C=O) groups is 3. The van der Waals surface area contributed by atoms with Crippen molar-refractivity contribution >= 4 is 41.0 Å². The minimum absolute atomic E-state index is 0.159. The van der Waals surface area contributed by atoms with Gasteiger partial charge >= 0.3 is 5.97 Å². The summed E-state index contributed by atoms with van der Waals surface area (Å²) < 4.78 is 6.63. The Morgan fingerprint density at radius 1 is 1.24 bits per heavy atom. The summed E-state index contributed by atoms with van der Waals surface area (Å²) in [4.78, 5) is 36.7. The summed E-state index contributed by atoms with van der Waals surface area (Å²) >= 11 is 6.15. The zero-order valence-electron chi connectivity index (χ0n) is 17.1. The van der Waals surface area contributed by atoms with Crippen LogP contribution in [0.25, 0.3) is 6.08 Å². The van der Waals surface area contributed by atoms with Crippen LogP contribution in [0, 0.1) is 12.3 Å². The molecule has 0 unspecified atom stereocenters. The summed E-state index contributed by atoms with van der Waals surface area (Å²) in [6, 6.07) is 6.42. The molecule has 1 aromatic carbocycles. The lowest BCUT2D eigenvalue weighted by atomic mass is 9.91. The van der Waals surface area contributed by atoms with Crippen molar-refractivity contribution in [1.29, 1.82) is 0 Å². The van der Waals surface area contributed by atoms with Gasteiger partial charge in [-0.3, -0.25) is 14.3 Å². The number of hydrogen-bond donors (Lipinski definition) is 1. The topological polar surface area (TPSA) is 90.3 Å². The fraction of sp³-hybridized carbons (Fsp3) is 0.333. The van der Waals surface area contributed by atoms with Gasteiger partial charge < -0.3 is 10.1 Å². The quantitative estimate of drug-likeness (QED) is 0.570. The molecule has 8 heteroatoms. The Hall–Kier alpha value is -2.93. The van der Waals surface area contributed by atoms with Crippen LogP contribution >= 0.6 is 11.6 Å². The normalized spacial score (nSPS) is 11.5. The van der Waals surface area contributed by atoms with Crippen molar-refractivity contribution in [3.8, 4) is 0 Å². The Balaban J connectivity index is 2.10. The molecular formula is C21H24ClN3O4. The molecule has 1 aromatic heterocycles. The van der Waals surface area contributed by atoms with Gasteiger partial charge in [0.25, 0.3) is 0 Å². The van der Waals surface area contributed by atoms with Gasteiger partial charge in [0.05, 0.1) is 16.9 Å². The summed E-state index contributed by atoms with van der Waals surface area (Å²) in [7, 11) is 1.71. The largest absolute Gasteiger partial charge is 0.454 e. The second-order valence-corrected chi connectivity index (χ2v) is 7.89. The van der Waals surface area contributed by atoms with Gasteiger partial charge in [-0.25, -0.2) is 4.79 Å². The molecule has 1 N–H and O–H groups in total. The summed E-state index contributed by atoms with van der Waals surface area (Å²) in [5.41, 5.74) is 1.16. The second kappa shape index (κ2) is 9.05. The molecule has 154 valence electrons. The van der Waals surface area contributed by atoms with Crippen LogP contribution in [0.3, 0.4) is 0 Å². The summed E-state index contributed by atoms with van der Waals surface area (Å²) in [6.45, 7) is 6.71. The van der Waals surface area contributed by atoms with Gasteiger partial charge in [0, 0.05) is 24.1 Å². The molecule has 0 aliphatic carbocycles. The van der Waals surface area contributed by atoms with E-state index in [0.717, 1.165) is 0 Å². The maximum absolute atomic E-state index is 12.4. The zero-order chi connectivity index (χ0) is 21.8. The summed E-state index contributed by atoms with van der Waals surface area (Å²) in [5.74, 6) is -1.33. The monoisotopic (exact) mass is 417 g/mol. The van der Waals surface area contributed by atoms with Gasteiger partial charge in [-0.05, 0) is 25.1 Å². The predicted octanol–water partition coefficient (Wildman–Crippen LogP) is 3.81. The molecule has 0 fully saturated rings. The van der Waals surface area contributed by atoms with Gasteiger partial charge in [-0.15, -0.1) is 0 Å². The van der Waals surface area contributed by atoms with Crippen LogP contribution < -0.4 is 5.32 Å². The molecule has 0 bridgehead atoms. The molecular weight excluding hydrogens is 394 g/mol. The molecule has 0 saturated heterocycles. The number of carbonyl (C=O) groups excluding carboxylic acids is 3. The minimum Gasteiger partial charge on any atom is -0.454 e. The smallest absolute Gasteiger partial charge is 0.340 e. The Morgan fingerprint density at radius 3 is 2.48 bits per heavy atom. The number of halogens is 1. The third kappa shape index (κ3) is 5.77. The van der Waals surface area contributed by atoms with E-state index in [9.17, 15) is 14.4 Å². The molecule has 0 aliphatic rings. The molecule has 2 rings (SSSR count). The lowest BCUT2D eigenvalue weighted by Crippen LogP contribution is -2.26. The molecule has 1 heterocycles. The van der Waals surface area contributed by atoms with Crippen LogP contribution in [0.5, 0.6) is 0 Å². The molecule has 0 radical (unpaired) electrons. The van der Waals surface area contributed by atoms with Crippen molar-refractivity contribution in [3.63, 3.8) is 0 Å². The highest BCUT2D eigenvalue weighted by atomic mass is 35.5. The molecule has 0 spiro atoms. The zero-order valence-corrected chi connectivity index (χ0v) is 17.8. The summed E-state index contributed by atoms with van der Waals surface area (Å²) in [6.07, 6.45) is 2.87. The number of ketones is 1. The van der Waals surface area contributed by atoms with E-state index in [1.54, 1.807) is 59.0 Å². The Kier molecular flexibility index (Phi) is 6.97. The van der Waals surface area contributed by atoms with Crippen molar-refractivity contribution in [3.05, 3.63) is 52.3 Å². The van der Waals surface area contributed by atoms with Gasteiger partial charge in [0.15, 0.2) is 12.4 Å². The number of amides is 1. The highest BCUT2D eigenvalue weighted by Gasteiger charge is 2.23. The van der Waals surface area contributed by atoms with Crippen LogP contribution in [-0.4, -0.2) is 34.0 Å². The van der Waals surface area contributed by atoms with Crippen molar-refractivity contribution < 1.29 is 19.1 Å². The van der Waals surface area contributed by atoms with Crippen molar-refractivity contribution in [2.75, 3.05) is 11.9 Å². The molecule has 7 nitrogen and oxygen atoms in total. The van der Waals surface area contributed by atoms with Crippen molar-refractivity contribution in [1.82, 2.24) is 9.78 Å². The third-order valence-corrected chi connectivity index (χ3v) is 4.62. The van der Waals surface area contributed by atoms with Crippen molar-refractivity contribution in [2.45, 2.75) is 27.7 Å². The highest BCUT2D eigenvalue weighted by Crippen LogP contribution is 2.21. The first-order valence-corrected chi connectivity index (χ1v) is 9.36. The number of anilines is 1. The fourth-order valence-corrected chi connectivity index (χ4v) is 2.60. The molecule has 0 atom stereocenters. The molecule has 0 aliphatic heterocycles. The number of hydrogen-bond acceptors (Lipinski definition) is 5. The van der Waals surface area contributed by atoms with E-state index in [1.807, 2.05) is 0 Å². The van der Waals surface area contributed by atoms with E-state index in [0.29, 0.717) is 16.4 Å². The van der Waals surface area contributed by atoms with Crippen LogP contribution in [-0.2, 0) is 21.4 Å².